The second kappa shape index (κ2) is 8.02. The van der Waals surface area contributed by atoms with E-state index in [4.69, 9.17) is 4.74 Å². The number of hydrogen-bond acceptors (Lipinski definition) is 2. The molecule has 3 heterocycles. The Morgan fingerprint density at radius 1 is 0.811 bits per heavy atom. The zero-order chi connectivity index (χ0) is 26.3. The van der Waals surface area contributed by atoms with Crippen LogP contribution in [0.3, 0.4) is 0 Å². The van der Waals surface area contributed by atoms with Crippen LogP contribution in [0, 0.1) is 17.8 Å². The minimum atomic E-state index is 0.109. The van der Waals surface area contributed by atoms with E-state index in [0.29, 0.717) is 0 Å². The highest BCUT2D eigenvalue weighted by molar-refractivity contribution is 6.13. The maximum absolute atomic E-state index is 7.09. The van der Waals surface area contributed by atoms with Gasteiger partial charge in [-0.05, 0) is 70.0 Å². The molecule has 37 heavy (non-hydrogen) atoms. The lowest BCUT2D eigenvalue weighted by molar-refractivity contribution is -0.659. The monoisotopic (exact) mass is 489 g/mol. The summed E-state index contributed by atoms with van der Waals surface area (Å²) >= 11 is 0. The van der Waals surface area contributed by atoms with Crippen molar-refractivity contribution in [3.63, 3.8) is 0 Å². The van der Waals surface area contributed by atoms with E-state index in [9.17, 15) is 0 Å². The quantitative estimate of drug-likeness (QED) is 0.180. The van der Waals surface area contributed by atoms with Crippen LogP contribution in [0.5, 0.6) is 11.5 Å². The molecule has 1 aliphatic heterocycles. The Bertz CT molecular complexity index is 1730. The van der Waals surface area contributed by atoms with Crippen LogP contribution in [0.4, 0.5) is 0 Å². The van der Waals surface area contributed by atoms with Crippen LogP contribution in [0.1, 0.15) is 58.2 Å². The van der Waals surface area contributed by atoms with Gasteiger partial charge < -0.3 is 4.74 Å². The predicted molar refractivity (Wildman–Crippen MR) is 154 cm³/mol. The summed E-state index contributed by atoms with van der Waals surface area (Å²) in [5.41, 5.74) is 6.64. The normalized spacial score (nSPS) is 13.3. The van der Waals surface area contributed by atoms with Crippen molar-refractivity contribution in [3.8, 4) is 22.8 Å². The van der Waals surface area contributed by atoms with E-state index >= 15 is 0 Å². The summed E-state index contributed by atoms with van der Waals surface area (Å²) in [5.74, 6) is 1.99. The number of ether oxygens (including phenoxy) is 1. The van der Waals surface area contributed by atoms with Crippen molar-refractivity contribution in [2.45, 2.75) is 61.3 Å². The molecule has 0 saturated carbocycles. The largest absolute Gasteiger partial charge is 0.455 e. The molecular weight excluding hydrogens is 452 g/mol. The first-order valence-corrected chi connectivity index (χ1v) is 13.4. The molecule has 0 radical (unpaired) electrons. The van der Waals surface area contributed by atoms with Crippen molar-refractivity contribution in [2.75, 3.05) is 0 Å². The van der Waals surface area contributed by atoms with Gasteiger partial charge in [-0.15, -0.1) is 0 Å². The smallest absolute Gasteiger partial charge is 0.228 e. The molecule has 0 N–H and O–H groups in total. The van der Waals surface area contributed by atoms with Crippen molar-refractivity contribution in [1.82, 2.24) is 4.98 Å². The van der Waals surface area contributed by atoms with Gasteiger partial charge in [0, 0.05) is 34.8 Å². The molecule has 0 atom stereocenters. The lowest BCUT2D eigenvalue weighted by Gasteiger charge is -2.28. The molecule has 188 valence electrons. The molecule has 0 unspecified atom stereocenters. The van der Waals surface area contributed by atoms with Crippen LogP contribution in [0.2, 0.25) is 0 Å². The van der Waals surface area contributed by atoms with Crippen LogP contribution in [-0.2, 0) is 19.9 Å². The summed E-state index contributed by atoms with van der Waals surface area (Å²) in [4.78, 5) is 4.50. The molecule has 0 aliphatic carbocycles. The second-order valence-corrected chi connectivity index (χ2v) is 13.3. The fourth-order valence-corrected chi connectivity index (χ4v) is 6.13. The lowest BCUT2D eigenvalue weighted by Crippen LogP contribution is -2.32. The van der Waals surface area contributed by atoms with Gasteiger partial charge in [0.05, 0.1) is 10.9 Å². The number of rotatable bonds is 2. The molecule has 0 spiro atoms. The van der Waals surface area contributed by atoms with Crippen molar-refractivity contribution in [3.05, 3.63) is 71.7 Å². The summed E-state index contributed by atoms with van der Waals surface area (Å²) in [6.07, 6.45) is 8.08. The summed E-state index contributed by atoms with van der Waals surface area (Å²) < 4.78 is 9.36. The number of aromatic nitrogens is 2. The molecule has 0 amide bonds. The Kier molecular flexibility index (Phi) is 5.18. The zero-order valence-corrected chi connectivity index (χ0v) is 23.4. The van der Waals surface area contributed by atoms with E-state index in [1.807, 2.05) is 12.4 Å². The summed E-state index contributed by atoms with van der Waals surface area (Å²) in [6.45, 7) is 16.0. The van der Waals surface area contributed by atoms with Crippen LogP contribution in [0.25, 0.3) is 43.6 Å². The molecule has 6 rings (SSSR count). The molecule has 5 aromatic rings. The minimum absolute atomic E-state index is 0.109. The molecule has 3 aromatic carbocycles. The number of pyridine rings is 2. The Morgan fingerprint density at radius 3 is 2.30 bits per heavy atom. The highest BCUT2D eigenvalue weighted by Gasteiger charge is 2.34. The van der Waals surface area contributed by atoms with Gasteiger partial charge in [0.25, 0.3) is 0 Å². The SMILES string of the molecule is Cc1c2c(c(CC(C)(C)C)c3ccncc13)Oc1c3ccc(CC(C)(C)C)cc3cc3cc[n+](C)c-2c13. The maximum Gasteiger partial charge on any atom is 0.228 e. The first-order valence-electron chi connectivity index (χ1n) is 13.4. The number of benzene rings is 3. The van der Waals surface area contributed by atoms with Gasteiger partial charge in [0.15, 0.2) is 6.20 Å². The standard InChI is InChI=1S/C34H37N2O/c1-20-27-19-35-13-11-25(27)26(18-34(5,6)7)32-28(20)30-29-22(12-14-36(30)8)16-23-15-21(17-33(2,3)4)9-10-24(23)31(29)37-32/h9-16,19H,17-18H2,1-8H3/q+1. The van der Waals surface area contributed by atoms with Crippen molar-refractivity contribution in [1.29, 1.82) is 0 Å². The highest BCUT2D eigenvalue weighted by atomic mass is 16.5. The molecule has 0 bridgehead atoms. The Morgan fingerprint density at radius 2 is 1.57 bits per heavy atom. The molecule has 3 nitrogen and oxygen atoms in total. The number of fused-ring (bicyclic) bond motifs is 5. The van der Waals surface area contributed by atoms with Gasteiger partial charge in [-0.2, -0.15) is 0 Å². The van der Waals surface area contributed by atoms with Gasteiger partial charge in [-0.25, -0.2) is 4.57 Å². The van der Waals surface area contributed by atoms with Crippen LogP contribution < -0.4 is 9.30 Å². The van der Waals surface area contributed by atoms with Crippen molar-refractivity contribution < 1.29 is 9.30 Å². The molecule has 2 aromatic heterocycles. The van der Waals surface area contributed by atoms with E-state index in [0.717, 1.165) is 24.3 Å². The molecular formula is C34H37N2O+. The third kappa shape index (κ3) is 3.96. The van der Waals surface area contributed by atoms with Crippen LogP contribution in [-0.4, -0.2) is 4.98 Å². The third-order valence-corrected chi connectivity index (χ3v) is 7.56. The van der Waals surface area contributed by atoms with E-state index in [1.165, 1.54) is 60.3 Å². The van der Waals surface area contributed by atoms with Gasteiger partial charge in [-0.1, -0.05) is 59.7 Å². The summed E-state index contributed by atoms with van der Waals surface area (Å²) in [6, 6.07) is 13.6. The van der Waals surface area contributed by atoms with Crippen LogP contribution >= 0.6 is 0 Å². The minimum Gasteiger partial charge on any atom is -0.455 e. The lowest BCUT2D eigenvalue weighted by atomic mass is 9.82. The zero-order valence-electron chi connectivity index (χ0n) is 23.4. The van der Waals surface area contributed by atoms with Crippen molar-refractivity contribution in [2.24, 2.45) is 17.9 Å². The van der Waals surface area contributed by atoms with E-state index in [-0.39, 0.29) is 10.8 Å². The Balaban J connectivity index is 1.72. The topological polar surface area (TPSA) is 26.0 Å². The Hall–Kier alpha value is -3.46. The fraction of sp³-hybridized carbons (Fsp3) is 0.353. The first-order chi connectivity index (χ1) is 17.4. The first kappa shape index (κ1) is 23.9. The molecule has 3 heteroatoms. The number of aryl methyl sites for hydroxylation is 2. The Labute approximate surface area is 220 Å². The number of hydrogen-bond donors (Lipinski definition) is 0. The summed E-state index contributed by atoms with van der Waals surface area (Å²) in [7, 11) is 2.15. The fourth-order valence-electron chi connectivity index (χ4n) is 6.13. The molecule has 0 saturated heterocycles. The van der Waals surface area contributed by atoms with Gasteiger partial charge in [-0.3, -0.25) is 4.98 Å². The molecule has 1 aliphatic rings. The van der Waals surface area contributed by atoms with E-state index < -0.39 is 0 Å². The number of nitrogens with zero attached hydrogens (tertiary/aromatic N) is 2. The van der Waals surface area contributed by atoms with Gasteiger partial charge in [0.1, 0.15) is 18.5 Å². The third-order valence-electron chi connectivity index (χ3n) is 7.56. The predicted octanol–water partition coefficient (Wildman–Crippen LogP) is 8.62. The maximum atomic E-state index is 7.09. The van der Waals surface area contributed by atoms with Gasteiger partial charge in [0.2, 0.25) is 5.69 Å². The second-order valence-electron chi connectivity index (χ2n) is 13.3. The average Bonchev–Trinajstić information content (AvgIpc) is 2.81. The molecule has 0 fully saturated rings. The van der Waals surface area contributed by atoms with E-state index in [1.54, 1.807) is 0 Å². The van der Waals surface area contributed by atoms with Crippen LogP contribution in [0.15, 0.2) is 55.0 Å². The average molecular weight is 490 g/mol. The van der Waals surface area contributed by atoms with E-state index in [2.05, 4.69) is 108 Å². The summed E-state index contributed by atoms with van der Waals surface area (Å²) in [5, 5.41) is 7.28. The highest BCUT2D eigenvalue weighted by Crippen LogP contribution is 2.53. The van der Waals surface area contributed by atoms with Crippen molar-refractivity contribution >= 4 is 32.3 Å². The van der Waals surface area contributed by atoms with Gasteiger partial charge >= 0.3 is 0 Å².